The smallest absolute Gasteiger partial charge is 0.416 e. The highest BCUT2D eigenvalue weighted by molar-refractivity contribution is 6.20. The van der Waals surface area contributed by atoms with Gasteiger partial charge in [-0.3, -0.25) is 4.79 Å². The number of benzene rings is 2. The van der Waals surface area contributed by atoms with Gasteiger partial charge in [-0.05, 0) is 42.8 Å². The van der Waals surface area contributed by atoms with Crippen molar-refractivity contribution in [3.05, 3.63) is 64.7 Å². The number of fused-ring (bicyclic) bond motifs is 1. The Morgan fingerprint density at radius 3 is 2.12 bits per heavy atom. The van der Waals surface area contributed by atoms with Crippen molar-refractivity contribution in [1.29, 1.82) is 0 Å². The van der Waals surface area contributed by atoms with E-state index in [0.717, 1.165) is 0 Å². The number of esters is 1. The lowest BCUT2D eigenvalue weighted by Crippen LogP contribution is -2.54. The number of para-hydroxylation sites is 1. The maximum Gasteiger partial charge on any atom is 0.416 e. The van der Waals surface area contributed by atoms with E-state index in [1.54, 1.807) is 0 Å². The fraction of sp³-hybridized carbons (Fsp3) is 0.273. The van der Waals surface area contributed by atoms with Crippen LogP contribution in [-0.4, -0.2) is 24.0 Å². The van der Waals surface area contributed by atoms with Crippen LogP contribution in [0.3, 0.4) is 0 Å². The zero-order chi connectivity index (χ0) is 23.9. The van der Waals surface area contributed by atoms with Crippen molar-refractivity contribution < 1.29 is 45.4 Å². The average Bonchev–Trinajstić information content (AvgIpc) is 3.01. The van der Waals surface area contributed by atoms with Gasteiger partial charge >= 0.3 is 18.3 Å². The van der Waals surface area contributed by atoms with Crippen molar-refractivity contribution in [2.24, 2.45) is 0 Å². The summed E-state index contributed by atoms with van der Waals surface area (Å²) in [4.78, 5) is 26.1. The molecule has 0 N–H and O–H groups in total. The predicted octanol–water partition coefficient (Wildman–Crippen LogP) is 5.02. The standard InChI is InChI=1S/C22H14F6O4/c1-3-16(12-9-13(21(23,24)25)11-14(10-12)22(26,27)28)20(19(30)31-4-2)18(29)15-7-5-6-8-17(15)32-20/h1,5-11,16H,4H2,2H3/t16-,20-/m1/s1. The maximum absolute atomic E-state index is 13.3. The summed E-state index contributed by atoms with van der Waals surface area (Å²) < 4.78 is 90.5. The van der Waals surface area contributed by atoms with Gasteiger partial charge < -0.3 is 9.47 Å². The van der Waals surface area contributed by atoms with Crippen molar-refractivity contribution >= 4 is 11.8 Å². The minimum atomic E-state index is -5.16. The Balaban J connectivity index is 2.28. The van der Waals surface area contributed by atoms with E-state index in [0.29, 0.717) is 12.1 Å². The number of ketones is 1. The summed E-state index contributed by atoms with van der Waals surface area (Å²) in [6.45, 7) is 1.15. The second kappa shape index (κ2) is 7.89. The third-order valence-corrected chi connectivity index (χ3v) is 4.84. The maximum atomic E-state index is 13.3. The Bertz CT molecular complexity index is 1080. The van der Waals surface area contributed by atoms with Crippen LogP contribution in [0.5, 0.6) is 5.75 Å². The van der Waals surface area contributed by atoms with Gasteiger partial charge in [0.1, 0.15) is 11.7 Å². The molecule has 2 atom stereocenters. The molecule has 2 aromatic carbocycles. The van der Waals surface area contributed by atoms with Crippen LogP contribution >= 0.6 is 0 Å². The van der Waals surface area contributed by atoms with Crippen LogP contribution in [0.1, 0.15) is 39.9 Å². The van der Waals surface area contributed by atoms with Gasteiger partial charge in [0.2, 0.25) is 5.78 Å². The molecule has 0 saturated carbocycles. The molecule has 3 rings (SSSR count). The number of carbonyl (C=O) groups excluding carboxylic acids is 2. The van der Waals surface area contributed by atoms with Gasteiger partial charge in [0, 0.05) is 0 Å². The Hall–Kier alpha value is -3.48. The average molecular weight is 456 g/mol. The molecule has 2 aromatic rings. The Labute approximate surface area is 178 Å². The van der Waals surface area contributed by atoms with Gasteiger partial charge in [-0.2, -0.15) is 26.3 Å². The van der Waals surface area contributed by atoms with Crippen molar-refractivity contribution in [3.8, 4) is 18.1 Å². The van der Waals surface area contributed by atoms with E-state index in [2.05, 4.69) is 0 Å². The molecule has 1 heterocycles. The number of ether oxygens (including phenoxy) is 2. The molecule has 0 fully saturated rings. The van der Waals surface area contributed by atoms with E-state index >= 15 is 0 Å². The number of terminal acetylenes is 1. The largest absolute Gasteiger partial charge is 0.465 e. The van der Waals surface area contributed by atoms with Crippen LogP contribution in [0.25, 0.3) is 0 Å². The summed E-state index contributed by atoms with van der Waals surface area (Å²) in [5, 5.41) is 0. The fourth-order valence-corrected chi connectivity index (χ4v) is 3.44. The number of Topliss-reactive ketones (excluding diaryl/α,β-unsaturated/α-hetero) is 1. The first kappa shape index (κ1) is 23.2. The quantitative estimate of drug-likeness (QED) is 0.281. The third kappa shape index (κ3) is 3.79. The Morgan fingerprint density at radius 2 is 1.66 bits per heavy atom. The van der Waals surface area contributed by atoms with Gasteiger partial charge in [-0.1, -0.05) is 18.1 Å². The van der Waals surface area contributed by atoms with E-state index < -0.39 is 52.3 Å². The molecule has 0 aromatic heterocycles. The molecule has 32 heavy (non-hydrogen) atoms. The second-order valence-electron chi connectivity index (χ2n) is 6.82. The molecule has 0 radical (unpaired) electrons. The number of rotatable bonds is 4. The van der Waals surface area contributed by atoms with Crippen LogP contribution in [0.2, 0.25) is 0 Å². The zero-order valence-corrected chi connectivity index (χ0v) is 16.3. The van der Waals surface area contributed by atoms with E-state index in [9.17, 15) is 35.9 Å². The highest BCUT2D eigenvalue weighted by Crippen LogP contribution is 2.46. The summed E-state index contributed by atoms with van der Waals surface area (Å²) in [5.41, 5.74) is -6.84. The normalized spacial score (nSPS) is 19.0. The van der Waals surface area contributed by atoms with E-state index in [4.69, 9.17) is 15.9 Å². The van der Waals surface area contributed by atoms with Crippen LogP contribution in [0, 0.1) is 12.3 Å². The molecule has 0 bridgehead atoms. The van der Waals surface area contributed by atoms with Gasteiger partial charge in [0.15, 0.2) is 0 Å². The monoisotopic (exact) mass is 456 g/mol. The number of alkyl halides is 6. The molecule has 4 nitrogen and oxygen atoms in total. The summed E-state index contributed by atoms with van der Waals surface area (Å²) in [6, 6.07) is 6.15. The SMILES string of the molecule is C#C[C@H](c1cc(C(F)(F)F)cc(C(F)(F)F)c1)[C@@]1(C(=O)OCC)Oc2ccccc2C1=O. The van der Waals surface area contributed by atoms with Crippen LogP contribution < -0.4 is 4.74 Å². The van der Waals surface area contributed by atoms with Gasteiger partial charge in [-0.25, -0.2) is 4.79 Å². The number of hydrogen-bond acceptors (Lipinski definition) is 4. The first-order chi connectivity index (χ1) is 14.9. The van der Waals surface area contributed by atoms with Crippen LogP contribution in [-0.2, 0) is 21.9 Å². The molecule has 0 spiro atoms. The first-order valence-electron chi connectivity index (χ1n) is 9.11. The molecule has 1 aliphatic heterocycles. The molecule has 168 valence electrons. The van der Waals surface area contributed by atoms with E-state index in [1.807, 2.05) is 5.92 Å². The lowest BCUT2D eigenvalue weighted by atomic mass is 9.78. The van der Waals surface area contributed by atoms with Crippen molar-refractivity contribution in [3.63, 3.8) is 0 Å². The first-order valence-corrected chi connectivity index (χ1v) is 9.11. The summed E-state index contributed by atoms with van der Waals surface area (Å²) >= 11 is 0. The third-order valence-electron chi connectivity index (χ3n) is 4.84. The molecular weight excluding hydrogens is 442 g/mol. The lowest BCUT2D eigenvalue weighted by molar-refractivity contribution is -0.157. The molecule has 0 aliphatic carbocycles. The summed E-state index contributed by atoms with van der Waals surface area (Å²) in [6.07, 6.45) is -4.85. The highest BCUT2D eigenvalue weighted by Gasteiger charge is 2.61. The Kier molecular flexibility index (Phi) is 5.72. The van der Waals surface area contributed by atoms with Crippen LogP contribution in [0.4, 0.5) is 26.3 Å². The molecule has 1 aliphatic rings. The minimum Gasteiger partial charge on any atom is -0.465 e. The van der Waals surface area contributed by atoms with Gasteiger partial charge in [0.25, 0.3) is 5.60 Å². The second-order valence-corrected chi connectivity index (χ2v) is 6.82. The van der Waals surface area contributed by atoms with Crippen LogP contribution in [0.15, 0.2) is 42.5 Å². The summed E-state index contributed by atoms with van der Waals surface area (Å²) in [5.74, 6) is -2.43. The van der Waals surface area contributed by atoms with Crippen molar-refractivity contribution in [2.75, 3.05) is 6.61 Å². The van der Waals surface area contributed by atoms with Gasteiger partial charge in [0.05, 0.1) is 23.3 Å². The van der Waals surface area contributed by atoms with Crippen molar-refractivity contribution in [2.45, 2.75) is 30.8 Å². The highest BCUT2D eigenvalue weighted by atomic mass is 19.4. The molecule has 10 heteroatoms. The number of halogens is 6. The Morgan fingerprint density at radius 1 is 1.09 bits per heavy atom. The number of hydrogen-bond donors (Lipinski definition) is 0. The van der Waals surface area contributed by atoms with E-state index in [1.165, 1.54) is 31.2 Å². The van der Waals surface area contributed by atoms with Gasteiger partial charge in [-0.15, -0.1) is 6.42 Å². The molecule has 0 amide bonds. The number of carbonyl (C=O) groups is 2. The lowest BCUT2D eigenvalue weighted by Gasteiger charge is -2.31. The molecule has 0 saturated heterocycles. The fourth-order valence-electron chi connectivity index (χ4n) is 3.44. The topological polar surface area (TPSA) is 52.6 Å². The molecular formula is C22H14F6O4. The van der Waals surface area contributed by atoms with E-state index in [-0.39, 0.29) is 24.0 Å². The zero-order valence-electron chi connectivity index (χ0n) is 16.3. The predicted molar refractivity (Wildman–Crippen MR) is 98.8 cm³/mol. The van der Waals surface area contributed by atoms with Crippen molar-refractivity contribution in [1.82, 2.24) is 0 Å². The molecule has 0 unspecified atom stereocenters. The minimum absolute atomic E-state index is 0.0831. The summed E-state index contributed by atoms with van der Waals surface area (Å²) in [7, 11) is 0.